The lowest BCUT2D eigenvalue weighted by Crippen LogP contribution is -2.37. The van der Waals surface area contributed by atoms with Crippen molar-refractivity contribution in [3.63, 3.8) is 0 Å². The molecule has 0 heterocycles. The zero-order valence-electron chi connectivity index (χ0n) is 12.8. The molecule has 0 fully saturated rings. The van der Waals surface area contributed by atoms with Crippen molar-refractivity contribution >= 4 is 0 Å². The van der Waals surface area contributed by atoms with Crippen LogP contribution >= 0.6 is 0 Å². The largest absolute Gasteiger partial charge is 0.396 e. The molecule has 0 aliphatic carbocycles. The maximum absolute atomic E-state index is 9.17. The van der Waals surface area contributed by atoms with Crippen molar-refractivity contribution in [1.82, 2.24) is 5.32 Å². The van der Waals surface area contributed by atoms with Gasteiger partial charge in [-0.15, -0.1) is 0 Å². The van der Waals surface area contributed by atoms with Crippen molar-refractivity contribution in [3.05, 3.63) is 35.4 Å². The quantitative estimate of drug-likeness (QED) is 0.749. The zero-order chi connectivity index (χ0) is 14.3. The molecule has 2 N–H and O–H groups in total. The van der Waals surface area contributed by atoms with Gasteiger partial charge in [0.05, 0.1) is 0 Å². The Hall–Kier alpha value is -0.860. The Kier molecular flexibility index (Phi) is 7.11. The highest BCUT2D eigenvalue weighted by molar-refractivity contribution is 5.25. The lowest BCUT2D eigenvalue weighted by atomic mass is 9.96. The lowest BCUT2D eigenvalue weighted by molar-refractivity contribution is 0.233. The average molecular weight is 263 g/mol. The fourth-order valence-corrected chi connectivity index (χ4v) is 2.44. The summed E-state index contributed by atoms with van der Waals surface area (Å²) in [7, 11) is 0. The number of nitrogens with one attached hydrogen (secondary N) is 1. The number of rotatable bonds is 8. The van der Waals surface area contributed by atoms with Crippen LogP contribution in [-0.2, 0) is 6.42 Å². The maximum Gasteiger partial charge on any atom is 0.0445 e. The van der Waals surface area contributed by atoms with Crippen LogP contribution in [0.2, 0.25) is 0 Å². The molecule has 2 heteroatoms. The van der Waals surface area contributed by atoms with Crippen molar-refractivity contribution in [2.45, 2.75) is 59.0 Å². The highest BCUT2D eigenvalue weighted by atomic mass is 16.3. The van der Waals surface area contributed by atoms with Crippen LogP contribution in [0.5, 0.6) is 0 Å². The van der Waals surface area contributed by atoms with E-state index in [1.165, 1.54) is 11.1 Å². The van der Waals surface area contributed by atoms with Crippen molar-refractivity contribution in [3.8, 4) is 0 Å². The van der Waals surface area contributed by atoms with Crippen LogP contribution in [-0.4, -0.2) is 17.8 Å². The van der Waals surface area contributed by atoms with Crippen LogP contribution in [0.3, 0.4) is 0 Å². The summed E-state index contributed by atoms with van der Waals surface area (Å²) in [6, 6.07) is 9.66. The van der Waals surface area contributed by atoms with E-state index < -0.39 is 0 Å². The maximum atomic E-state index is 9.17. The minimum Gasteiger partial charge on any atom is -0.396 e. The highest BCUT2D eigenvalue weighted by Gasteiger charge is 2.18. The van der Waals surface area contributed by atoms with Crippen molar-refractivity contribution in [2.24, 2.45) is 5.92 Å². The van der Waals surface area contributed by atoms with Crippen molar-refractivity contribution < 1.29 is 5.11 Å². The molecular weight excluding hydrogens is 234 g/mol. The average Bonchev–Trinajstić information content (AvgIpc) is 2.43. The first-order valence-electron chi connectivity index (χ1n) is 7.58. The summed E-state index contributed by atoms with van der Waals surface area (Å²) in [6.45, 7) is 9.06. The predicted molar refractivity (Wildman–Crippen MR) is 82.3 cm³/mol. The van der Waals surface area contributed by atoms with E-state index in [-0.39, 0.29) is 6.61 Å². The summed E-state index contributed by atoms with van der Waals surface area (Å²) in [5, 5.41) is 12.9. The van der Waals surface area contributed by atoms with Crippen molar-refractivity contribution in [2.75, 3.05) is 6.61 Å². The monoisotopic (exact) mass is 263 g/mol. The highest BCUT2D eigenvalue weighted by Crippen LogP contribution is 2.20. The van der Waals surface area contributed by atoms with Gasteiger partial charge in [-0.05, 0) is 36.3 Å². The Morgan fingerprint density at radius 3 is 2.16 bits per heavy atom. The number of hydrogen-bond acceptors (Lipinski definition) is 2. The summed E-state index contributed by atoms with van der Waals surface area (Å²) in [4.78, 5) is 0. The lowest BCUT2D eigenvalue weighted by Gasteiger charge is -2.28. The molecule has 0 spiro atoms. The summed E-state index contributed by atoms with van der Waals surface area (Å²) >= 11 is 0. The molecule has 0 bridgehead atoms. The van der Waals surface area contributed by atoms with E-state index in [0.29, 0.717) is 18.0 Å². The molecule has 0 amide bonds. The van der Waals surface area contributed by atoms with Crippen LogP contribution in [0, 0.1) is 5.92 Å². The molecule has 0 aliphatic rings. The van der Waals surface area contributed by atoms with Crippen LogP contribution in [0.4, 0.5) is 0 Å². The Balaban J connectivity index is 2.74. The van der Waals surface area contributed by atoms with Crippen LogP contribution in [0.1, 0.15) is 57.7 Å². The van der Waals surface area contributed by atoms with E-state index in [0.717, 1.165) is 19.3 Å². The third-order valence-electron chi connectivity index (χ3n) is 3.86. The smallest absolute Gasteiger partial charge is 0.0445 e. The fraction of sp³-hybridized carbons (Fsp3) is 0.647. The molecule has 1 rings (SSSR count). The SMILES string of the molecule is CCc1ccc(C(CC)NC(CCO)C(C)C)cc1. The number of aliphatic hydroxyl groups is 1. The van der Waals surface area contributed by atoms with Gasteiger partial charge in [0.2, 0.25) is 0 Å². The van der Waals surface area contributed by atoms with Gasteiger partial charge in [-0.3, -0.25) is 0 Å². The van der Waals surface area contributed by atoms with Gasteiger partial charge in [0.15, 0.2) is 0 Å². The second-order valence-corrected chi connectivity index (χ2v) is 5.59. The summed E-state index contributed by atoms with van der Waals surface area (Å²) < 4.78 is 0. The standard InChI is InChI=1S/C17H29NO/c1-5-14-7-9-15(10-8-14)16(6-2)18-17(11-12-19)13(3)4/h7-10,13,16-19H,5-6,11-12H2,1-4H3. The third-order valence-corrected chi connectivity index (χ3v) is 3.86. The molecule has 0 aromatic heterocycles. The second-order valence-electron chi connectivity index (χ2n) is 5.59. The molecule has 2 atom stereocenters. The first kappa shape index (κ1) is 16.2. The molecule has 2 unspecified atom stereocenters. The summed E-state index contributed by atoms with van der Waals surface area (Å²) in [5.41, 5.74) is 2.73. The molecule has 19 heavy (non-hydrogen) atoms. The molecule has 0 radical (unpaired) electrons. The first-order valence-corrected chi connectivity index (χ1v) is 7.58. The summed E-state index contributed by atoms with van der Waals surface area (Å²) in [5.74, 6) is 0.538. The molecule has 108 valence electrons. The molecule has 2 nitrogen and oxygen atoms in total. The van der Waals surface area contributed by atoms with E-state index in [9.17, 15) is 5.11 Å². The van der Waals surface area contributed by atoms with E-state index in [2.05, 4.69) is 57.3 Å². The van der Waals surface area contributed by atoms with Crippen LogP contribution < -0.4 is 5.32 Å². The van der Waals surface area contributed by atoms with Gasteiger partial charge in [-0.2, -0.15) is 0 Å². The normalized spacial score (nSPS) is 14.6. The number of benzene rings is 1. The number of aliphatic hydroxyl groups excluding tert-OH is 1. The van der Waals surface area contributed by atoms with Crippen molar-refractivity contribution in [1.29, 1.82) is 0 Å². The Labute approximate surface area is 118 Å². The summed E-state index contributed by atoms with van der Waals surface area (Å²) in [6.07, 6.45) is 2.98. The third kappa shape index (κ3) is 4.96. The molecule has 0 saturated heterocycles. The topological polar surface area (TPSA) is 32.3 Å². The number of hydrogen-bond donors (Lipinski definition) is 2. The van der Waals surface area contributed by atoms with E-state index >= 15 is 0 Å². The Morgan fingerprint density at radius 1 is 1.11 bits per heavy atom. The van der Waals surface area contributed by atoms with Crippen LogP contribution in [0.15, 0.2) is 24.3 Å². The van der Waals surface area contributed by atoms with Gasteiger partial charge in [0, 0.05) is 18.7 Å². The van der Waals surface area contributed by atoms with E-state index in [1.54, 1.807) is 0 Å². The molecule has 0 aliphatic heterocycles. The molecule has 1 aromatic carbocycles. The first-order chi connectivity index (χ1) is 9.12. The van der Waals surface area contributed by atoms with Gasteiger partial charge in [0.25, 0.3) is 0 Å². The van der Waals surface area contributed by atoms with Gasteiger partial charge >= 0.3 is 0 Å². The van der Waals surface area contributed by atoms with E-state index in [1.807, 2.05) is 0 Å². The molecule has 1 aromatic rings. The molecule has 0 saturated carbocycles. The number of aryl methyl sites for hydroxylation is 1. The fourth-order valence-electron chi connectivity index (χ4n) is 2.44. The van der Waals surface area contributed by atoms with E-state index in [4.69, 9.17) is 0 Å². The zero-order valence-corrected chi connectivity index (χ0v) is 12.8. The van der Waals surface area contributed by atoms with Gasteiger partial charge < -0.3 is 10.4 Å². The van der Waals surface area contributed by atoms with Crippen LogP contribution in [0.25, 0.3) is 0 Å². The van der Waals surface area contributed by atoms with Gasteiger partial charge in [0.1, 0.15) is 0 Å². The molecular formula is C17H29NO. The Morgan fingerprint density at radius 2 is 1.74 bits per heavy atom. The Bertz CT molecular complexity index is 345. The predicted octanol–water partition coefficient (Wildman–Crippen LogP) is 3.70. The minimum absolute atomic E-state index is 0.251. The van der Waals surface area contributed by atoms with Gasteiger partial charge in [-0.1, -0.05) is 52.0 Å². The second kappa shape index (κ2) is 8.34. The van der Waals surface area contributed by atoms with Gasteiger partial charge in [-0.25, -0.2) is 0 Å². The minimum atomic E-state index is 0.251.